The van der Waals surface area contributed by atoms with Gasteiger partial charge in [0, 0.05) is 13.1 Å². The van der Waals surface area contributed by atoms with Crippen molar-refractivity contribution in [3.63, 3.8) is 0 Å². The molecule has 0 aliphatic carbocycles. The maximum Gasteiger partial charge on any atom is 0.508 e. The predicted molar refractivity (Wildman–Crippen MR) is 74.5 cm³/mol. The molecule has 0 unspecified atom stereocenters. The van der Waals surface area contributed by atoms with Crippen LogP contribution in [0, 0.1) is 5.41 Å². The lowest BCUT2D eigenvalue weighted by atomic mass is 9.93. The van der Waals surface area contributed by atoms with Crippen molar-refractivity contribution in [3.05, 3.63) is 35.9 Å². The van der Waals surface area contributed by atoms with E-state index in [9.17, 15) is 9.59 Å². The maximum absolute atomic E-state index is 11.9. The summed E-state index contributed by atoms with van der Waals surface area (Å²) in [5.41, 5.74) is 0.247. The molecule has 1 aromatic rings. The van der Waals surface area contributed by atoms with Crippen molar-refractivity contribution in [1.82, 2.24) is 5.32 Å². The average Bonchev–Trinajstić information content (AvgIpc) is 2.51. The van der Waals surface area contributed by atoms with Crippen LogP contribution in [0.3, 0.4) is 0 Å². The summed E-state index contributed by atoms with van der Waals surface area (Å²) in [5.74, 6) is -0.420. The van der Waals surface area contributed by atoms with Crippen LogP contribution in [0.5, 0.6) is 0 Å². The highest BCUT2D eigenvalue weighted by atomic mass is 16.7. The minimum Gasteiger partial charge on any atom is -0.464 e. The van der Waals surface area contributed by atoms with Gasteiger partial charge in [0.15, 0.2) is 0 Å². The molecular formula is C15H19NO5. The van der Waals surface area contributed by atoms with Gasteiger partial charge in [-0.25, -0.2) is 4.79 Å². The van der Waals surface area contributed by atoms with E-state index in [1.807, 2.05) is 30.3 Å². The highest BCUT2D eigenvalue weighted by Gasteiger charge is 2.41. The van der Waals surface area contributed by atoms with Crippen LogP contribution in [-0.2, 0) is 25.5 Å². The van der Waals surface area contributed by atoms with Crippen molar-refractivity contribution >= 4 is 12.1 Å². The molecule has 1 fully saturated rings. The first-order valence-electron chi connectivity index (χ1n) is 6.82. The lowest BCUT2D eigenvalue weighted by Crippen LogP contribution is -2.44. The highest BCUT2D eigenvalue weighted by molar-refractivity contribution is 5.78. The van der Waals surface area contributed by atoms with Crippen LogP contribution in [0.1, 0.15) is 12.5 Å². The lowest BCUT2D eigenvalue weighted by molar-refractivity contribution is -0.165. The Labute approximate surface area is 123 Å². The van der Waals surface area contributed by atoms with Crippen LogP contribution in [0.2, 0.25) is 0 Å². The third kappa shape index (κ3) is 4.46. The predicted octanol–water partition coefficient (Wildman–Crippen LogP) is 1.49. The zero-order chi connectivity index (χ0) is 15.1. The van der Waals surface area contributed by atoms with Gasteiger partial charge in [-0.05, 0) is 12.5 Å². The van der Waals surface area contributed by atoms with Crippen molar-refractivity contribution in [1.29, 1.82) is 0 Å². The summed E-state index contributed by atoms with van der Waals surface area (Å²) in [6.45, 7) is 3.16. The van der Waals surface area contributed by atoms with E-state index >= 15 is 0 Å². The topological polar surface area (TPSA) is 73.9 Å². The largest absolute Gasteiger partial charge is 0.508 e. The number of rotatable bonds is 6. The van der Waals surface area contributed by atoms with Gasteiger partial charge in [0.25, 0.3) is 0 Å². The number of nitrogens with one attached hydrogen (secondary N) is 1. The first kappa shape index (κ1) is 15.3. The van der Waals surface area contributed by atoms with E-state index in [1.165, 1.54) is 5.56 Å². The SMILES string of the molecule is CC1(C(=O)OCCNCc2ccccc2)COC(=O)OC1. The fourth-order valence-corrected chi connectivity index (χ4v) is 1.86. The Bertz CT molecular complexity index is 478. The summed E-state index contributed by atoms with van der Waals surface area (Å²) in [6, 6.07) is 9.96. The van der Waals surface area contributed by atoms with Crippen molar-refractivity contribution in [2.24, 2.45) is 5.41 Å². The molecule has 21 heavy (non-hydrogen) atoms. The zero-order valence-electron chi connectivity index (χ0n) is 12.0. The van der Waals surface area contributed by atoms with Gasteiger partial charge in [0.2, 0.25) is 0 Å². The third-order valence-electron chi connectivity index (χ3n) is 3.19. The third-order valence-corrected chi connectivity index (χ3v) is 3.19. The molecule has 114 valence electrons. The van der Waals surface area contributed by atoms with Gasteiger partial charge < -0.3 is 19.5 Å². The molecule has 2 rings (SSSR count). The number of carbonyl (C=O) groups excluding carboxylic acids is 2. The van der Waals surface area contributed by atoms with Gasteiger partial charge in [0.1, 0.15) is 25.2 Å². The fraction of sp³-hybridized carbons (Fsp3) is 0.467. The van der Waals surface area contributed by atoms with Gasteiger partial charge in [-0.3, -0.25) is 4.79 Å². The number of esters is 1. The van der Waals surface area contributed by atoms with E-state index in [0.29, 0.717) is 6.54 Å². The first-order chi connectivity index (χ1) is 10.1. The Kier molecular flexibility index (Phi) is 5.16. The number of hydrogen-bond acceptors (Lipinski definition) is 6. The van der Waals surface area contributed by atoms with Gasteiger partial charge in [0.05, 0.1) is 0 Å². The smallest absolute Gasteiger partial charge is 0.464 e. The highest BCUT2D eigenvalue weighted by Crippen LogP contribution is 2.23. The van der Waals surface area contributed by atoms with Crippen LogP contribution in [-0.4, -0.2) is 38.5 Å². The van der Waals surface area contributed by atoms with Gasteiger partial charge in [-0.2, -0.15) is 0 Å². The van der Waals surface area contributed by atoms with E-state index in [1.54, 1.807) is 6.92 Å². The van der Waals surface area contributed by atoms with E-state index in [-0.39, 0.29) is 19.8 Å². The maximum atomic E-state index is 11.9. The summed E-state index contributed by atoms with van der Waals surface area (Å²) in [5, 5.41) is 3.19. The van der Waals surface area contributed by atoms with E-state index < -0.39 is 17.5 Å². The molecule has 0 aromatic heterocycles. The molecule has 0 amide bonds. The fourth-order valence-electron chi connectivity index (χ4n) is 1.86. The summed E-state index contributed by atoms with van der Waals surface area (Å²) in [4.78, 5) is 22.7. The zero-order valence-corrected chi connectivity index (χ0v) is 12.0. The molecule has 1 aliphatic heterocycles. The quantitative estimate of drug-likeness (QED) is 0.633. The molecule has 6 nitrogen and oxygen atoms in total. The normalized spacial score (nSPS) is 16.7. The minimum atomic E-state index is -0.923. The van der Waals surface area contributed by atoms with Gasteiger partial charge >= 0.3 is 12.1 Å². The number of benzene rings is 1. The summed E-state index contributed by atoms with van der Waals surface area (Å²) < 4.78 is 14.6. The first-order valence-corrected chi connectivity index (χ1v) is 6.82. The minimum absolute atomic E-state index is 0.0118. The Morgan fingerprint density at radius 3 is 2.62 bits per heavy atom. The average molecular weight is 293 g/mol. The van der Waals surface area contributed by atoms with Crippen molar-refractivity contribution < 1.29 is 23.8 Å². The van der Waals surface area contributed by atoms with Gasteiger partial charge in [-0.15, -0.1) is 0 Å². The summed E-state index contributed by atoms with van der Waals surface area (Å²) in [6.07, 6.45) is -0.746. The molecule has 0 bridgehead atoms. The number of carbonyl (C=O) groups is 2. The van der Waals surface area contributed by atoms with Crippen molar-refractivity contribution in [3.8, 4) is 0 Å². The number of ether oxygens (including phenoxy) is 3. The molecule has 0 saturated carbocycles. The van der Waals surface area contributed by atoms with Crippen LogP contribution < -0.4 is 5.32 Å². The Balaban J connectivity index is 1.64. The van der Waals surface area contributed by atoms with Crippen LogP contribution in [0.15, 0.2) is 30.3 Å². The molecular weight excluding hydrogens is 274 g/mol. The van der Waals surface area contributed by atoms with E-state index in [4.69, 9.17) is 14.2 Å². The molecule has 1 saturated heterocycles. The Morgan fingerprint density at radius 1 is 1.29 bits per heavy atom. The van der Waals surface area contributed by atoms with Crippen LogP contribution in [0.4, 0.5) is 4.79 Å². The summed E-state index contributed by atoms with van der Waals surface area (Å²) >= 11 is 0. The second kappa shape index (κ2) is 7.08. The molecule has 0 radical (unpaired) electrons. The number of hydrogen-bond donors (Lipinski definition) is 1. The second-order valence-corrected chi connectivity index (χ2v) is 5.19. The summed E-state index contributed by atoms with van der Waals surface area (Å²) in [7, 11) is 0. The monoisotopic (exact) mass is 293 g/mol. The molecule has 0 spiro atoms. The van der Waals surface area contributed by atoms with Crippen molar-refractivity contribution in [2.45, 2.75) is 13.5 Å². The van der Waals surface area contributed by atoms with Crippen molar-refractivity contribution in [2.75, 3.05) is 26.4 Å². The second-order valence-electron chi connectivity index (χ2n) is 5.19. The van der Waals surface area contributed by atoms with Gasteiger partial charge in [-0.1, -0.05) is 30.3 Å². The Morgan fingerprint density at radius 2 is 1.95 bits per heavy atom. The molecule has 1 heterocycles. The molecule has 1 N–H and O–H groups in total. The number of cyclic esters (lactones) is 2. The Hall–Kier alpha value is -2.08. The van der Waals surface area contributed by atoms with Crippen LogP contribution >= 0.6 is 0 Å². The molecule has 6 heteroatoms. The van der Waals surface area contributed by atoms with E-state index in [0.717, 1.165) is 6.54 Å². The molecule has 1 aliphatic rings. The molecule has 1 aromatic carbocycles. The lowest BCUT2D eigenvalue weighted by Gasteiger charge is -2.29. The van der Waals surface area contributed by atoms with E-state index in [2.05, 4.69) is 5.32 Å². The van der Waals surface area contributed by atoms with Crippen LogP contribution in [0.25, 0.3) is 0 Å². The standard InChI is InChI=1S/C15H19NO5/c1-15(10-20-14(18)21-11-15)13(17)19-8-7-16-9-12-5-3-2-4-6-12/h2-6,16H,7-11H2,1H3. The molecule has 0 atom stereocenters.